The van der Waals surface area contributed by atoms with Crippen molar-refractivity contribution in [1.29, 1.82) is 0 Å². The number of likely N-dealkylation sites (tertiary alicyclic amines) is 1. The molecule has 1 aromatic heterocycles. The van der Waals surface area contributed by atoms with E-state index in [1.54, 1.807) is 11.8 Å². The molecule has 134 valence electrons. The van der Waals surface area contributed by atoms with Crippen molar-refractivity contribution in [2.24, 2.45) is 5.92 Å². The zero-order chi connectivity index (χ0) is 17.6. The predicted octanol–water partition coefficient (Wildman–Crippen LogP) is 2.08. The van der Waals surface area contributed by atoms with E-state index in [4.69, 9.17) is 4.74 Å². The Morgan fingerprint density at radius 2 is 2.16 bits per heavy atom. The second-order valence-electron chi connectivity index (χ2n) is 6.34. The van der Waals surface area contributed by atoms with Gasteiger partial charge in [-0.25, -0.2) is 4.68 Å². The number of hydrogen-bond acceptors (Lipinski definition) is 6. The van der Waals surface area contributed by atoms with E-state index in [2.05, 4.69) is 22.4 Å². The van der Waals surface area contributed by atoms with Crippen molar-refractivity contribution >= 4 is 17.7 Å². The van der Waals surface area contributed by atoms with E-state index in [0.717, 1.165) is 30.8 Å². The Hall–Kier alpha value is -2.09. The van der Waals surface area contributed by atoms with Gasteiger partial charge in [-0.15, -0.1) is 5.10 Å². The number of ether oxygens (including phenoxy) is 1. The van der Waals surface area contributed by atoms with Gasteiger partial charge in [0.15, 0.2) is 0 Å². The van der Waals surface area contributed by atoms with Crippen LogP contribution >= 0.6 is 11.8 Å². The molecule has 2 heterocycles. The number of hydrogen-bond donors (Lipinski definition) is 0. The van der Waals surface area contributed by atoms with E-state index in [0.29, 0.717) is 23.4 Å². The lowest BCUT2D eigenvalue weighted by Crippen LogP contribution is -2.40. The molecule has 1 atom stereocenters. The molecule has 0 aliphatic carbocycles. The summed E-state index contributed by atoms with van der Waals surface area (Å²) in [4.78, 5) is 14.3. The molecule has 0 saturated carbocycles. The van der Waals surface area contributed by atoms with Gasteiger partial charge in [-0.05, 0) is 46.9 Å². The number of amides is 1. The predicted molar refractivity (Wildman–Crippen MR) is 95.6 cm³/mol. The topological polar surface area (TPSA) is 73.1 Å². The summed E-state index contributed by atoms with van der Waals surface area (Å²) >= 11 is 1.39. The number of carbonyl (C=O) groups excluding carboxylic acids is 1. The van der Waals surface area contributed by atoms with E-state index in [9.17, 15) is 4.79 Å². The van der Waals surface area contributed by atoms with Crippen LogP contribution in [0.15, 0.2) is 29.4 Å². The van der Waals surface area contributed by atoms with Crippen molar-refractivity contribution in [3.63, 3.8) is 0 Å². The first-order valence-corrected chi connectivity index (χ1v) is 9.44. The molecule has 1 amide bonds. The second kappa shape index (κ2) is 8.33. The van der Waals surface area contributed by atoms with Crippen LogP contribution in [0.2, 0.25) is 0 Å². The van der Waals surface area contributed by atoms with Crippen LogP contribution < -0.4 is 4.74 Å². The Labute approximate surface area is 151 Å². The highest BCUT2D eigenvalue weighted by Crippen LogP contribution is 2.20. The molecule has 8 heteroatoms. The zero-order valence-corrected chi connectivity index (χ0v) is 15.4. The number of benzene rings is 1. The molecule has 0 spiro atoms. The third-order valence-electron chi connectivity index (χ3n) is 4.32. The Balaban J connectivity index is 1.56. The fourth-order valence-electron chi connectivity index (χ4n) is 2.94. The van der Waals surface area contributed by atoms with Gasteiger partial charge in [0.2, 0.25) is 11.1 Å². The number of thioether (sulfide) groups is 1. The van der Waals surface area contributed by atoms with Gasteiger partial charge in [0.25, 0.3) is 0 Å². The number of aromatic nitrogens is 4. The van der Waals surface area contributed by atoms with Crippen molar-refractivity contribution < 1.29 is 9.53 Å². The Bertz CT molecular complexity index is 703. The quantitative estimate of drug-likeness (QED) is 0.734. The maximum absolute atomic E-state index is 12.4. The van der Waals surface area contributed by atoms with Gasteiger partial charge in [-0.2, -0.15) is 0 Å². The molecule has 1 aliphatic rings. The third-order valence-corrected chi connectivity index (χ3v) is 5.27. The number of rotatable bonds is 6. The molecule has 0 bridgehead atoms. The summed E-state index contributed by atoms with van der Waals surface area (Å²) in [5, 5.41) is 12.5. The van der Waals surface area contributed by atoms with Crippen molar-refractivity contribution in [1.82, 2.24) is 25.1 Å². The highest BCUT2D eigenvalue weighted by atomic mass is 32.2. The standard InChI is InChI=1S/C17H23N5O2S/c1-13-4-3-9-21(10-13)16(23)12-25-17-18-19-20-22(17)11-14-5-7-15(24-2)8-6-14/h5-8,13H,3-4,9-12H2,1-2H3. The molecule has 1 aliphatic heterocycles. The van der Waals surface area contributed by atoms with Gasteiger partial charge in [0.1, 0.15) is 5.75 Å². The fourth-order valence-corrected chi connectivity index (χ4v) is 3.72. The highest BCUT2D eigenvalue weighted by Gasteiger charge is 2.21. The van der Waals surface area contributed by atoms with Crippen LogP contribution in [0.4, 0.5) is 0 Å². The molecule has 3 rings (SSSR count). The molecule has 7 nitrogen and oxygen atoms in total. The van der Waals surface area contributed by atoms with Gasteiger partial charge in [0.05, 0.1) is 19.4 Å². The van der Waals surface area contributed by atoms with Crippen molar-refractivity contribution in [3.8, 4) is 5.75 Å². The first-order chi connectivity index (χ1) is 12.2. The summed E-state index contributed by atoms with van der Waals surface area (Å²) in [6.45, 7) is 4.48. The van der Waals surface area contributed by atoms with Crippen LogP contribution in [-0.4, -0.2) is 57.0 Å². The number of nitrogens with zero attached hydrogens (tertiary/aromatic N) is 5. The molecule has 25 heavy (non-hydrogen) atoms. The average Bonchev–Trinajstić information content (AvgIpc) is 3.07. The van der Waals surface area contributed by atoms with Crippen molar-refractivity contribution in [2.45, 2.75) is 31.5 Å². The van der Waals surface area contributed by atoms with E-state index in [1.807, 2.05) is 29.2 Å². The summed E-state index contributed by atoms with van der Waals surface area (Å²) in [5.41, 5.74) is 1.08. The molecular formula is C17H23N5O2S. The minimum atomic E-state index is 0.163. The van der Waals surface area contributed by atoms with Crippen molar-refractivity contribution in [3.05, 3.63) is 29.8 Å². The lowest BCUT2D eigenvalue weighted by molar-refractivity contribution is -0.130. The van der Waals surface area contributed by atoms with Crippen LogP contribution in [-0.2, 0) is 11.3 Å². The zero-order valence-electron chi connectivity index (χ0n) is 14.6. The lowest BCUT2D eigenvalue weighted by atomic mass is 10.0. The molecule has 0 radical (unpaired) electrons. The SMILES string of the molecule is COc1ccc(Cn2nnnc2SCC(=O)N2CCCC(C)C2)cc1. The van der Waals surface area contributed by atoms with E-state index >= 15 is 0 Å². The number of piperidine rings is 1. The average molecular weight is 361 g/mol. The number of tetrazole rings is 1. The summed E-state index contributed by atoms with van der Waals surface area (Å²) < 4.78 is 6.89. The third kappa shape index (κ3) is 4.72. The minimum absolute atomic E-state index is 0.163. The summed E-state index contributed by atoms with van der Waals surface area (Å²) in [6, 6.07) is 7.78. The van der Waals surface area contributed by atoms with Crippen LogP contribution in [0.5, 0.6) is 5.75 Å². The van der Waals surface area contributed by atoms with Crippen LogP contribution in [0.1, 0.15) is 25.3 Å². The van der Waals surface area contributed by atoms with Gasteiger partial charge in [-0.3, -0.25) is 4.79 Å². The Morgan fingerprint density at radius 3 is 2.88 bits per heavy atom. The first-order valence-electron chi connectivity index (χ1n) is 8.45. The van der Waals surface area contributed by atoms with Crippen LogP contribution in [0.25, 0.3) is 0 Å². The van der Waals surface area contributed by atoms with Crippen LogP contribution in [0, 0.1) is 5.92 Å². The minimum Gasteiger partial charge on any atom is -0.497 e. The first kappa shape index (κ1) is 17.7. The second-order valence-corrected chi connectivity index (χ2v) is 7.29. The number of carbonyl (C=O) groups is 1. The largest absolute Gasteiger partial charge is 0.497 e. The van der Waals surface area contributed by atoms with Gasteiger partial charge in [0, 0.05) is 13.1 Å². The molecule has 1 saturated heterocycles. The molecular weight excluding hydrogens is 338 g/mol. The molecule has 2 aromatic rings. The summed E-state index contributed by atoms with van der Waals surface area (Å²) in [5.74, 6) is 1.94. The van der Waals surface area contributed by atoms with Crippen LogP contribution in [0.3, 0.4) is 0 Å². The van der Waals surface area contributed by atoms with E-state index < -0.39 is 0 Å². The Morgan fingerprint density at radius 1 is 1.36 bits per heavy atom. The smallest absolute Gasteiger partial charge is 0.233 e. The fraction of sp³-hybridized carbons (Fsp3) is 0.529. The highest BCUT2D eigenvalue weighted by molar-refractivity contribution is 7.99. The summed E-state index contributed by atoms with van der Waals surface area (Å²) in [7, 11) is 1.64. The summed E-state index contributed by atoms with van der Waals surface area (Å²) in [6.07, 6.45) is 2.30. The van der Waals surface area contributed by atoms with E-state index in [-0.39, 0.29) is 5.91 Å². The van der Waals surface area contributed by atoms with E-state index in [1.165, 1.54) is 18.2 Å². The van der Waals surface area contributed by atoms with Crippen molar-refractivity contribution in [2.75, 3.05) is 26.0 Å². The lowest BCUT2D eigenvalue weighted by Gasteiger charge is -2.30. The monoisotopic (exact) mass is 361 g/mol. The molecule has 1 fully saturated rings. The number of methoxy groups -OCH3 is 1. The molecule has 1 unspecified atom stereocenters. The van der Waals surface area contributed by atoms with Gasteiger partial charge >= 0.3 is 0 Å². The molecule has 0 N–H and O–H groups in total. The maximum atomic E-state index is 12.4. The maximum Gasteiger partial charge on any atom is 0.233 e. The van der Waals surface area contributed by atoms with Gasteiger partial charge < -0.3 is 9.64 Å². The van der Waals surface area contributed by atoms with Gasteiger partial charge in [-0.1, -0.05) is 30.8 Å². The normalized spacial score (nSPS) is 17.5. The molecule has 1 aromatic carbocycles. The Kier molecular flexibility index (Phi) is 5.91.